The highest BCUT2D eigenvalue weighted by Crippen LogP contribution is 2.38. The van der Waals surface area contributed by atoms with Crippen LogP contribution in [0.15, 0.2) is 42.5 Å². The second-order valence-electron chi connectivity index (χ2n) is 6.47. The predicted octanol–water partition coefficient (Wildman–Crippen LogP) is 5.47. The third-order valence-electron chi connectivity index (χ3n) is 3.12. The summed E-state index contributed by atoms with van der Waals surface area (Å²) >= 11 is 16.3. The van der Waals surface area contributed by atoms with Crippen molar-refractivity contribution in [2.45, 2.75) is 26.3 Å². The van der Waals surface area contributed by atoms with E-state index in [9.17, 15) is 9.59 Å². The molecule has 0 amide bonds. The number of carbonyl (C=O) groups excluding carboxylic acids is 2. The summed E-state index contributed by atoms with van der Waals surface area (Å²) in [6.45, 7) is 6.02. The Balaban J connectivity index is 0. The van der Waals surface area contributed by atoms with Gasteiger partial charge in [0.25, 0.3) is 10.5 Å². The molecule has 30 heavy (non-hydrogen) atoms. The molecule has 0 radical (unpaired) electrons. The fraction of sp³-hybridized carbons (Fsp3) is 0.300. The second kappa shape index (κ2) is 15.3. The Morgan fingerprint density at radius 1 is 0.900 bits per heavy atom. The number of hydrogen-bond acceptors (Lipinski definition) is 6. The van der Waals surface area contributed by atoms with Crippen LogP contribution in [0, 0.1) is 0 Å². The van der Waals surface area contributed by atoms with E-state index >= 15 is 0 Å². The van der Waals surface area contributed by atoms with E-state index in [-0.39, 0.29) is 29.3 Å². The van der Waals surface area contributed by atoms with E-state index in [1.165, 1.54) is 26.4 Å². The molecule has 2 aromatic rings. The van der Waals surface area contributed by atoms with Crippen molar-refractivity contribution in [1.29, 1.82) is 0 Å². The van der Waals surface area contributed by atoms with E-state index in [1.54, 1.807) is 24.3 Å². The number of ether oxygens (including phenoxy) is 2. The average molecular weight is 500 g/mol. The summed E-state index contributed by atoms with van der Waals surface area (Å²) in [5.41, 5.74) is 3.45. The van der Waals surface area contributed by atoms with Crippen LogP contribution in [0.5, 0.6) is 11.5 Å². The lowest BCUT2D eigenvalue weighted by atomic mass is 10.1. The summed E-state index contributed by atoms with van der Waals surface area (Å²) < 4.78 is 9.98. The summed E-state index contributed by atoms with van der Waals surface area (Å²) in [7, 11) is 2.85. The number of carbonyl (C=O) groups is 2. The third-order valence-corrected chi connectivity index (χ3v) is 3.84. The highest BCUT2D eigenvalue weighted by atomic mass is 35.5. The van der Waals surface area contributed by atoms with Gasteiger partial charge in [0.05, 0.1) is 24.8 Å². The summed E-state index contributed by atoms with van der Waals surface area (Å²) in [6.07, 6.45) is 0. The third kappa shape index (κ3) is 11.6. The van der Waals surface area contributed by atoms with Crippen molar-refractivity contribution in [1.82, 2.24) is 5.43 Å². The lowest BCUT2D eigenvalue weighted by Gasteiger charge is -2.14. The van der Waals surface area contributed by atoms with E-state index in [0.717, 1.165) is 0 Å². The number of rotatable bonds is 4. The second-order valence-corrected chi connectivity index (χ2v) is 7.56. The van der Waals surface area contributed by atoms with Crippen LogP contribution in [0.1, 0.15) is 41.5 Å². The minimum absolute atomic E-state index is 0. The molecular weight excluding hydrogens is 474 g/mol. The molecule has 0 heterocycles. The Bertz CT molecular complexity index is 797. The molecule has 0 spiro atoms. The number of nitrogens with one attached hydrogen (secondary N) is 1. The smallest absolute Gasteiger partial charge is 0.256 e. The van der Waals surface area contributed by atoms with Crippen molar-refractivity contribution < 1.29 is 19.1 Å². The van der Waals surface area contributed by atoms with E-state index in [0.29, 0.717) is 16.3 Å². The lowest BCUT2D eigenvalue weighted by molar-refractivity contribution is 0.107. The molecule has 0 bridgehead atoms. The first-order valence-corrected chi connectivity index (χ1v) is 9.44. The van der Waals surface area contributed by atoms with Crippen LogP contribution in [0.4, 0.5) is 0 Å². The van der Waals surface area contributed by atoms with Gasteiger partial charge in [-0.2, -0.15) is 0 Å². The van der Waals surface area contributed by atoms with Crippen molar-refractivity contribution >= 4 is 57.7 Å². The fourth-order valence-corrected chi connectivity index (χ4v) is 2.16. The van der Waals surface area contributed by atoms with Gasteiger partial charge in [0.1, 0.15) is 0 Å². The normalized spacial score (nSPS) is 9.63. The molecule has 0 aromatic heterocycles. The maximum Gasteiger partial charge on any atom is 0.256 e. The van der Waals surface area contributed by atoms with Crippen LogP contribution in [-0.2, 0) is 0 Å². The topological polar surface area (TPSA) is 90.7 Å². The van der Waals surface area contributed by atoms with Gasteiger partial charge in [0.15, 0.2) is 11.5 Å². The largest absolute Gasteiger partial charge is 0.492 e. The fourth-order valence-electron chi connectivity index (χ4n) is 1.66. The molecule has 168 valence electrons. The van der Waals surface area contributed by atoms with Gasteiger partial charge in [-0.3, -0.25) is 20.9 Å². The highest BCUT2D eigenvalue weighted by molar-refractivity contribution is 6.68. The minimum Gasteiger partial charge on any atom is -0.492 e. The summed E-state index contributed by atoms with van der Waals surface area (Å²) in [5, 5.41) is -0.654. The van der Waals surface area contributed by atoms with Gasteiger partial charge in [-0.1, -0.05) is 41.9 Å². The van der Waals surface area contributed by atoms with E-state index in [2.05, 4.69) is 5.43 Å². The van der Waals surface area contributed by atoms with Crippen LogP contribution >= 0.6 is 47.2 Å². The molecule has 0 saturated heterocycles. The SMILES string of the molecule is CC(C)(C)NN.COc1c(Cl)ccc(C(=O)Cl)c1OC.Cl.O=C(Cl)c1ccccc1. The monoisotopic (exact) mass is 498 g/mol. The van der Waals surface area contributed by atoms with E-state index in [4.69, 9.17) is 50.1 Å². The lowest BCUT2D eigenvalue weighted by Crippen LogP contribution is -2.41. The molecule has 0 aliphatic rings. The Kier molecular flexibility index (Phi) is 15.6. The number of nitrogens with two attached hydrogens (primary N) is 1. The molecule has 0 aliphatic carbocycles. The number of hydrogen-bond donors (Lipinski definition) is 2. The molecule has 2 aromatic carbocycles. The average Bonchev–Trinajstić information content (AvgIpc) is 2.68. The Labute approximate surface area is 198 Å². The van der Waals surface area contributed by atoms with Crippen molar-refractivity contribution in [3.05, 3.63) is 58.6 Å². The van der Waals surface area contributed by atoms with Gasteiger partial charge >= 0.3 is 0 Å². The molecule has 0 fully saturated rings. The molecule has 0 saturated carbocycles. The maximum absolute atomic E-state index is 11.0. The molecule has 6 nitrogen and oxygen atoms in total. The van der Waals surface area contributed by atoms with Crippen LogP contribution in [-0.4, -0.2) is 30.2 Å². The zero-order chi connectivity index (χ0) is 22.6. The van der Waals surface area contributed by atoms with Crippen molar-refractivity contribution in [2.75, 3.05) is 14.2 Å². The highest BCUT2D eigenvalue weighted by Gasteiger charge is 2.17. The zero-order valence-corrected chi connectivity index (χ0v) is 20.4. The van der Waals surface area contributed by atoms with Crippen LogP contribution in [0.3, 0.4) is 0 Å². The summed E-state index contributed by atoms with van der Waals surface area (Å²) in [6, 6.07) is 11.7. The molecule has 0 unspecified atom stereocenters. The zero-order valence-electron chi connectivity index (χ0n) is 17.3. The predicted molar refractivity (Wildman–Crippen MR) is 126 cm³/mol. The molecule has 0 atom stereocenters. The summed E-state index contributed by atoms with van der Waals surface area (Å²) in [4.78, 5) is 21.4. The summed E-state index contributed by atoms with van der Waals surface area (Å²) in [5.74, 6) is 5.61. The Morgan fingerprint density at radius 3 is 1.67 bits per heavy atom. The Morgan fingerprint density at radius 2 is 1.37 bits per heavy atom. The first kappa shape index (κ1) is 30.7. The van der Waals surface area contributed by atoms with Crippen LogP contribution in [0.25, 0.3) is 0 Å². The van der Waals surface area contributed by atoms with Gasteiger partial charge < -0.3 is 9.47 Å². The quantitative estimate of drug-likeness (QED) is 0.329. The van der Waals surface area contributed by atoms with Crippen molar-refractivity contribution in [3.8, 4) is 11.5 Å². The number of hydrazine groups is 1. The van der Waals surface area contributed by atoms with E-state index in [1.807, 2.05) is 26.8 Å². The van der Waals surface area contributed by atoms with Gasteiger partial charge in [0.2, 0.25) is 0 Å². The van der Waals surface area contributed by atoms with Crippen LogP contribution in [0.2, 0.25) is 5.02 Å². The van der Waals surface area contributed by atoms with Crippen LogP contribution < -0.4 is 20.7 Å². The van der Waals surface area contributed by atoms with Gasteiger partial charge in [0, 0.05) is 11.1 Å². The van der Waals surface area contributed by atoms with Gasteiger partial charge in [-0.05, 0) is 56.1 Å². The van der Waals surface area contributed by atoms with Crippen molar-refractivity contribution in [3.63, 3.8) is 0 Å². The number of methoxy groups -OCH3 is 2. The minimum atomic E-state index is -0.614. The standard InChI is InChI=1S/C9H8Cl2O3.C7H5ClO.C4H12N2.ClH/c1-13-7-5(9(11)12)3-4-6(10)8(7)14-2;8-7(9)6-4-2-1-3-5-6;1-4(2,3)6-5;/h3-4H,1-2H3;1-5H;6H,5H2,1-3H3;1H. The Hall–Kier alpha value is -1.54. The number of benzene rings is 2. The molecule has 0 aliphatic heterocycles. The molecular formula is C20H26Cl4N2O4. The molecule has 2 rings (SSSR count). The van der Waals surface area contributed by atoms with Gasteiger partial charge in [-0.15, -0.1) is 12.4 Å². The molecule has 10 heteroatoms. The first-order chi connectivity index (χ1) is 13.5. The van der Waals surface area contributed by atoms with E-state index < -0.39 is 10.5 Å². The molecule has 3 N–H and O–H groups in total. The van der Waals surface area contributed by atoms with Crippen molar-refractivity contribution in [2.24, 2.45) is 5.84 Å². The number of halogens is 4. The first-order valence-electron chi connectivity index (χ1n) is 8.31. The van der Waals surface area contributed by atoms with Gasteiger partial charge in [-0.25, -0.2) is 0 Å². The maximum atomic E-state index is 11.0.